The number of carbonyl (C=O) groups is 1. The fourth-order valence-corrected chi connectivity index (χ4v) is 9.05. The zero-order valence-electron chi connectivity index (χ0n) is 20.4. The van der Waals surface area contributed by atoms with Crippen molar-refractivity contribution in [1.29, 1.82) is 5.26 Å². The van der Waals surface area contributed by atoms with Crippen LogP contribution in [0.5, 0.6) is 0 Å². The topological polar surface area (TPSA) is 88.1 Å². The summed E-state index contributed by atoms with van der Waals surface area (Å²) in [5.41, 5.74) is 0.106. The number of Topliss-reactive ketones (excluding diaryl/α,β-unsaturated/α-hetero) is 1. The van der Waals surface area contributed by atoms with Crippen LogP contribution in [0.25, 0.3) is 0 Å². The molecular formula is C27H39N3O3. The molecule has 6 heteroatoms. The van der Waals surface area contributed by atoms with Gasteiger partial charge in [-0.3, -0.25) is 4.79 Å². The summed E-state index contributed by atoms with van der Waals surface area (Å²) in [6.07, 6.45) is 13.0. The number of ether oxygens (including phenoxy) is 1. The summed E-state index contributed by atoms with van der Waals surface area (Å²) < 4.78 is 7.13. The van der Waals surface area contributed by atoms with Gasteiger partial charge in [0.2, 0.25) is 0 Å². The van der Waals surface area contributed by atoms with Crippen molar-refractivity contribution in [2.45, 2.75) is 83.8 Å². The van der Waals surface area contributed by atoms with Gasteiger partial charge in [0.15, 0.2) is 11.5 Å². The zero-order valence-corrected chi connectivity index (χ0v) is 20.4. The standard InChI is InChI=1S/C27H39N3O3/c1-25-10-11-27(32,16-33-3)12-18(25)4-5-20-21-6-7-23(26(21,2)9-8-22(20)25)24(31)15-30-14-19(13-28)29-17-30/h14,17-18,20-23,32H,4-12,15-16H2,1-3H3/t18-,20-,21-,22-,23+,25-,26-,27+/m0/s1. The van der Waals surface area contributed by atoms with Crippen molar-refractivity contribution in [3.05, 3.63) is 18.2 Å². The van der Waals surface area contributed by atoms with Gasteiger partial charge in [0.25, 0.3) is 0 Å². The lowest BCUT2D eigenvalue weighted by Gasteiger charge is -2.62. The van der Waals surface area contributed by atoms with Crippen LogP contribution >= 0.6 is 0 Å². The lowest BCUT2D eigenvalue weighted by Crippen LogP contribution is -2.56. The highest BCUT2D eigenvalue weighted by atomic mass is 16.5. The van der Waals surface area contributed by atoms with Crippen LogP contribution < -0.4 is 0 Å². The quantitative estimate of drug-likeness (QED) is 0.716. The van der Waals surface area contributed by atoms with E-state index >= 15 is 0 Å². The molecule has 4 fully saturated rings. The largest absolute Gasteiger partial charge is 0.387 e. The summed E-state index contributed by atoms with van der Waals surface area (Å²) in [5, 5.41) is 20.1. The molecule has 180 valence electrons. The molecule has 8 atom stereocenters. The van der Waals surface area contributed by atoms with Crippen LogP contribution in [0, 0.1) is 51.8 Å². The van der Waals surface area contributed by atoms with Gasteiger partial charge in [-0.05, 0) is 92.3 Å². The number of ketones is 1. The number of methoxy groups -OCH3 is 1. The van der Waals surface area contributed by atoms with Crippen LogP contribution in [-0.2, 0) is 16.1 Å². The van der Waals surface area contributed by atoms with E-state index in [1.54, 1.807) is 24.2 Å². The molecule has 6 nitrogen and oxygen atoms in total. The van der Waals surface area contributed by atoms with Gasteiger partial charge < -0.3 is 14.4 Å². The minimum atomic E-state index is -0.654. The Bertz CT molecular complexity index is 953. The first-order valence-electron chi connectivity index (χ1n) is 12.9. The van der Waals surface area contributed by atoms with E-state index < -0.39 is 5.60 Å². The van der Waals surface area contributed by atoms with Crippen LogP contribution in [0.15, 0.2) is 12.5 Å². The average Bonchev–Trinajstić information content (AvgIpc) is 3.38. The lowest BCUT2D eigenvalue weighted by molar-refractivity contribution is -0.164. The van der Waals surface area contributed by atoms with E-state index in [1.807, 2.05) is 6.07 Å². The maximum atomic E-state index is 13.4. The Morgan fingerprint density at radius 3 is 2.70 bits per heavy atom. The highest BCUT2D eigenvalue weighted by molar-refractivity contribution is 5.82. The van der Waals surface area contributed by atoms with E-state index in [4.69, 9.17) is 10.00 Å². The Balaban J connectivity index is 1.31. The molecule has 0 unspecified atom stereocenters. The third kappa shape index (κ3) is 3.67. The van der Waals surface area contributed by atoms with Gasteiger partial charge in [-0.1, -0.05) is 13.8 Å². The van der Waals surface area contributed by atoms with Crippen molar-refractivity contribution >= 4 is 5.78 Å². The minimum Gasteiger partial charge on any atom is -0.387 e. The molecule has 0 amide bonds. The van der Waals surface area contributed by atoms with Crippen LogP contribution in [0.2, 0.25) is 0 Å². The van der Waals surface area contributed by atoms with Gasteiger partial charge in [-0.15, -0.1) is 0 Å². The molecule has 1 aromatic heterocycles. The van der Waals surface area contributed by atoms with E-state index in [1.165, 1.54) is 19.3 Å². The molecule has 1 heterocycles. The third-order valence-electron chi connectivity index (χ3n) is 10.7. The van der Waals surface area contributed by atoms with Crippen LogP contribution in [0.4, 0.5) is 0 Å². The summed E-state index contributed by atoms with van der Waals surface area (Å²) in [7, 11) is 1.69. The fourth-order valence-electron chi connectivity index (χ4n) is 9.05. The zero-order chi connectivity index (χ0) is 23.4. The van der Waals surface area contributed by atoms with Gasteiger partial charge in [0.1, 0.15) is 6.07 Å². The molecule has 1 N–H and O–H groups in total. The Hall–Kier alpha value is -1.71. The molecule has 4 aliphatic carbocycles. The molecule has 0 aliphatic heterocycles. The molecule has 0 saturated heterocycles. The fraction of sp³-hybridized carbons (Fsp3) is 0.815. The van der Waals surface area contributed by atoms with Crippen LogP contribution in [0.1, 0.15) is 77.3 Å². The molecular weight excluding hydrogens is 414 g/mol. The van der Waals surface area contributed by atoms with Gasteiger partial charge in [-0.2, -0.15) is 5.26 Å². The molecule has 1 aromatic rings. The maximum absolute atomic E-state index is 13.4. The van der Waals surface area contributed by atoms with Crippen LogP contribution in [-0.4, -0.2) is 39.8 Å². The molecule has 0 radical (unpaired) electrons. The molecule has 5 rings (SSSR count). The summed E-state index contributed by atoms with van der Waals surface area (Å²) >= 11 is 0. The Labute approximate surface area is 197 Å². The molecule has 0 bridgehead atoms. The van der Waals surface area contributed by atoms with Gasteiger partial charge >= 0.3 is 0 Å². The van der Waals surface area contributed by atoms with E-state index in [9.17, 15) is 9.90 Å². The number of fused-ring (bicyclic) bond motifs is 5. The van der Waals surface area contributed by atoms with Gasteiger partial charge in [-0.25, -0.2) is 4.98 Å². The molecule has 33 heavy (non-hydrogen) atoms. The number of aliphatic hydroxyl groups is 1. The van der Waals surface area contributed by atoms with Crippen LogP contribution in [0.3, 0.4) is 0 Å². The predicted molar refractivity (Wildman–Crippen MR) is 124 cm³/mol. The van der Waals surface area contributed by atoms with Gasteiger partial charge in [0, 0.05) is 19.2 Å². The molecule has 0 spiro atoms. The highest BCUT2D eigenvalue weighted by Gasteiger charge is 2.62. The predicted octanol–water partition coefficient (Wildman–Crippen LogP) is 4.36. The summed E-state index contributed by atoms with van der Waals surface area (Å²) in [4.78, 5) is 17.4. The average molecular weight is 454 g/mol. The maximum Gasteiger partial charge on any atom is 0.158 e. The second kappa shape index (κ2) is 8.20. The number of nitriles is 1. The Kier molecular flexibility index (Phi) is 5.73. The number of aromatic nitrogens is 2. The summed E-state index contributed by atoms with van der Waals surface area (Å²) in [5.74, 6) is 3.03. The lowest BCUT2D eigenvalue weighted by atomic mass is 9.44. The van der Waals surface area contributed by atoms with E-state index in [0.717, 1.165) is 38.5 Å². The molecule has 4 aliphatic rings. The number of hydrogen-bond acceptors (Lipinski definition) is 5. The van der Waals surface area contributed by atoms with E-state index in [-0.39, 0.29) is 11.3 Å². The number of rotatable bonds is 5. The smallest absolute Gasteiger partial charge is 0.158 e. The summed E-state index contributed by atoms with van der Waals surface area (Å²) in [6, 6.07) is 2.05. The first kappa shape index (κ1) is 23.1. The minimum absolute atomic E-state index is 0.0888. The summed E-state index contributed by atoms with van der Waals surface area (Å²) in [6.45, 7) is 5.68. The number of nitrogens with zero attached hydrogens (tertiary/aromatic N) is 3. The SMILES string of the molecule is COC[C@@]1(O)CC[C@@]2(C)[C@@H](CC[C@@H]3[C@@H]2CC[C@]2(C)[C@@H](C(=O)Cn4cnc(C#N)c4)CC[C@@H]32)C1. The molecule has 4 saturated carbocycles. The van der Waals surface area contributed by atoms with Crippen molar-refractivity contribution < 1.29 is 14.6 Å². The number of hydrogen-bond donors (Lipinski definition) is 1. The second-order valence-corrected chi connectivity index (χ2v) is 12.2. The van der Waals surface area contributed by atoms with E-state index in [2.05, 4.69) is 18.8 Å². The molecule has 0 aromatic carbocycles. The highest BCUT2D eigenvalue weighted by Crippen LogP contribution is 2.68. The number of carbonyl (C=O) groups excluding carboxylic acids is 1. The van der Waals surface area contributed by atoms with Crippen molar-refractivity contribution in [3.63, 3.8) is 0 Å². The normalized spacial score (nSPS) is 44.4. The van der Waals surface area contributed by atoms with Gasteiger partial charge in [0.05, 0.1) is 25.1 Å². The van der Waals surface area contributed by atoms with Crippen molar-refractivity contribution in [3.8, 4) is 6.07 Å². The Morgan fingerprint density at radius 1 is 1.18 bits per heavy atom. The first-order chi connectivity index (χ1) is 15.7. The second-order valence-electron chi connectivity index (χ2n) is 12.2. The first-order valence-corrected chi connectivity index (χ1v) is 12.9. The van der Waals surface area contributed by atoms with Crippen molar-refractivity contribution in [2.24, 2.45) is 40.4 Å². The van der Waals surface area contributed by atoms with Crippen molar-refractivity contribution in [2.75, 3.05) is 13.7 Å². The monoisotopic (exact) mass is 453 g/mol. The number of imidazole rings is 1. The third-order valence-corrected chi connectivity index (χ3v) is 10.7. The Morgan fingerprint density at radius 2 is 1.97 bits per heavy atom. The van der Waals surface area contributed by atoms with Crippen molar-refractivity contribution in [1.82, 2.24) is 9.55 Å². The van der Waals surface area contributed by atoms with E-state index in [0.29, 0.717) is 53.7 Å².